The van der Waals surface area contributed by atoms with E-state index >= 15 is 0 Å². The summed E-state index contributed by atoms with van der Waals surface area (Å²) < 4.78 is 7.74. The Balaban J connectivity index is 1.53. The van der Waals surface area contributed by atoms with Gasteiger partial charge in [-0.15, -0.1) is 10.2 Å². The first kappa shape index (κ1) is 17.2. The van der Waals surface area contributed by atoms with E-state index in [1.165, 1.54) is 12.8 Å². The zero-order valence-electron chi connectivity index (χ0n) is 15.7. The number of hydrogen-bond acceptors (Lipinski definition) is 6. The smallest absolute Gasteiger partial charge is 0.291 e. The normalized spacial score (nSPS) is 21.5. The Hall–Kier alpha value is -2.22. The molecule has 2 aromatic heterocycles. The van der Waals surface area contributed by atoms with Crippen LogP contribution in [-0.2, 0) is 13.0 Å². The molecular weight excluding hydrogens is 332 g/mol. The molecule has 0 bridgehead atoms. The number of fused-ring (bicyclic) bond motifs is 1. The molecule has 0 spiro atoms. The van der Waals surface area contributed by atoms with Gasteiger partial charge in [-0.05, 0) is 33.4 Å². The van der Waals surface area contributed by atoms with Crippen molar-refractivity contribution >= 4 is 5.91 Å². The van der Waals surface area contributed by atoms with Crippen molar-refractivity contribution in [3.05, 3.63) is 29.0 Å². The van der Waals surface area contributed by atoms with E-state index < -0.39 is 0 Å². The van der Waals surface area contributed by atoms with Crippen molar-refractivity contribution < 1.29 is 9.21 Å². The minimum atomic E-state index is -0.0850. The zero-order valence-corrected chi connectivity index (χ0v) is 15.7. The number of aryl methyl sites for hydroxylation is 2. The van der Waals surface area contributed by atoms with Gasteiger partial charge in [-0.3, -0.25) is 9.69 Å². The van der Waals surface area contributed by atoms with E-state index in [1.54, 1.807) is 6.92 Å². The van der Waals surface area contributed by atoms with Gasteiger partial charge in [0.15, 0.2) is 5.89 Å². The number of oxazole rings is 1. The topological polar surface area (TPSA) is 80.3 Å². The SMILES string of the molecule is Cc1nc(C)c(C(=O)N2CCc3nnc([C@@H]4CCCCN4C)n3CC2)o1. The third kappa shape index (κ3) is 3.02. The summed E-state index contributed by atoms with van der Waals surface area (Å²) in [6.07, 6.45) is 4.30. The molecule has 2 aromatic rings. The second-order valence-electron chi connectivity index (χ2n) is 7.31. The number of piperidine rings is 1. The minimum absolute atomic E-state index is 0.0850. The van der Waals surface area contributed by atoms with Crippen molar-refractivity contribution in [2.24, 2.45) is 0 Å². The molecule has 0 N–H and O–H groups in total. The number of rotatable bonds is 2. The summed E-state index contributed by atoms with van der Waals surface area (Å²) in [6, 6.07) is 0.325. The summed E-state index contributed by atoms with van der Waals surface area (Å²) >= 11 is 0. The molecule has 1 fully saturated rings. The van der Waals surface area contributed by atoms with E-state index in [-0.39, 0.29) is 5.91 Å². The monoisotopic (exact) mass is 358 g/mol. The highest BCUT2D eigenvalue weighted by atomic mass is 16.4. The number of hydrogen-bond donors (Lipinski definition) is 0. The highest BCUT2D eigenvalue weighted by Crippen LogP contribution is 2.29. The Kier molecular flexibility index (Phi) is 4.52. The molecule has 4 heterocycles. The van der Waals surface area contributed by atoms with Crippen LogP contribution in [0.4, 0.5) is 0 Å². The first-order chi connectivity index (χ1) is 12.5. The van der Waals surface area contributed by atoms with Crippen molar-refractivity contribution in [3.63, 3.8) is 0 Å². The van der Waals surface area contributed by atoms with Crippen molar-refractivity contribution in [2.75, 3.05) is 26.7 Å². The number of carbonyl (C=O) groups is 1. The van der Waals surface area contributed by atoms with E-state index in [0.29, 0.717) is 42.9 Å². The maximum atomic E-state index is 12.8. The molecule has 2 aliphatic heterocycles. The molecule has 0 saturated carbocycles. The third-order valence-corrected chi connectivity index (χ3v) is 5.51. The van der Waals surface area contributed by atoms with Gasteiger partial charge in [0.25, 0.3) is 5.91 Å². The van der Waals surface area contributed by atoms with Gasteiger partial charge in [-0.1, -0.05) is 6.42 Å². The molecule has 26 heavy (non-hydrogen) atoms. The molecule has 4 rings (SSSR count). The second kappa shape index (κ2) is 6.83. The molecule has 1 atom stereocenters. The third-order valence-electron chi connectivity index (χ3n) is 5.51. The fourth-order valence-electron chi connectivity index (χ4n) is 4.07. The molecule has 8 heteroatoms. The highest BCUT2D eigenvalue weighted by molar-refractivity contribution is 5.92. The summed E-state index contributed by atoms with van der Waals surface area (Å²) in [7, 11) is 2.16. The lowest BCUT2D eigenvalue weighted by atomic mass is 10.0. The molecule has 8 nitrogen and oxygen atoms in total. The summed E-state index contributed by atoms with van der Waals surface area (Å²) in [5, 5.41) is 8.93. The van der Waals surface area contributed by atoms with Gasteiger partial charge in [-0.25, -0.2) is 4.98 Å². The largest absolute Gasteiger partial charge is 0.436 e. The molecule has 0 aromatic carbocycles. The van der Waals surface area contributed by atoms with E-state index in [9.17, 15) is 4.79 Å². The summed E-state index contributed by atoms with van der Waals surface area (Å²) in [5.74, 6) is 2.81. The first-order valence-electron chi connectivity index (χ1n) is 9.40. The van der Waals surface area contributed by atoms with Gasteiger partial charge in [0.2, 0.25) is 5.76 Å². The van der Waals surface area contributed by atoms with Crippen LogP contribution in [0.1, 0.15) is 59.1 Å². The van der Waals surface area contributed by atoms with E-state index in [2.05, 4.69) is 31.7 Å². The van der Waals surface area contributed by atoms with E-state index in [4.69, 9.17) is 4.42 Å². The lowest BCUT2D eigenvalue weighted by molar-refractivity contribution is 0.0723. The molecule has 0 unspecified atom stereocenters. The predicted molar refractivity (Wildman–Crippen MR) is 94.8 cm³/mol. The van der Waals surface area contributed by atoms with Crippen molar-refractivity contribution in [1.82, 2.24) is 29.5 Å². The minimum Gasteiger partial charge on any atom is -0.436 e. The highest BCUT2D eigenvalue weighted by Gasteiger charge is 2.30. The van der Waals surface area contributed by atoms with Gasteiger partial charge in [-0.2, -0.15) is 0 Å². The van der Waals surface area contributed by atoms with Crippen molar-refractivity contribution in [2.45, 2.75) is 52.1 Å². The molecule has 0 aliphatic carbocycles. The van der Waals surface area contributed by atoms with Crippen molar-refractivity contribution in [3.8, 4) is 0 Å². The molecule has 1 saturated heterocycles. The fraction of sp³-hybridized carbons (Fsp3) is 0.667. The zero-order chi connectivity index (χ0) is 18.3. The molecule has 140 valence electrons. The van der Waals surface area contributed by atoms with Crippen LogP contribution in [-0.4, -0.2) is 62.1 Å². The van der Waals surface area contributed by atoms with Gasteiger partial charge < -0.3 is 13.9 Å². The number of nitrogens with zero attached hydrogens (tertiary/aromatic N) is 6. The van der Waals surface area contributed by atoms with Crippen LogP contribution >= 0.6 is 0 Å². The lowest BCUT2D eigenvalue weighted by Crippen LogP contribution is -2.35. The van der Waals surface area contributed by atoms with Crippen molar-refractivity contribution in [1.29, 1.82) is 0 Å². The van der Waals surface area contributed by atoms with Crippen LogP contribution in [0.3, 0.4) is 0 Å². The summed E-state index contributed by atoms with van der Waals surface area (Å²) in [4.78, 5) is 21.3. The van der Waals surface area contributed by atoms with E-state index in [1.807, 2.05) is 11.8 Å². The maximum absolute atomic E-state index is 12.8. The molecule has 1 amide bonds. The predicted octanol–water partition coefficient (Wildman–Crippen LogP) is 1.74. The quantitative estimate of drug-likeness (QED) is 0.813. The number of carbonyl (C=O) groups excluding carboxylic acids is 1. The van der Waals surface area contributed by atoms with Crippen LogP contribution in [0.25, 0.3) is 0 Å². The first-order valence-corrected chi connectivity index (χ1v) is 9.40. The van der Waals surface area contributed by atoms with Gasteiger partial charge in [0.05, 0.1) is 11.7 Å². The van der Waals surface area contributed by atoms with Crippen LogP contribution < -0.4 is 0 Å². The molecular formula is C18H26N6O2. The Morgan fingerprint density at radius 2 is 1.96 bits per heavy atom. The van der Waals surface area contributed by atoms with E-state index in [0.717, 1.165) is 31.2 Å². The van der Waals surface area contributed by atoms with Crippen LogP contribution in [0.2, 0.25) is 0 Å². The second-order valence-corrected chi connectivity index (χ2v) is 7.31. The Labute approximate surface area is 153 Å². The molecule has 2 aliphatic rings. The maximum Gasteiger partial charge on any atom is 0.291 e. The molecule has 0 radical (unpaired) electrons. The average molecular weight is 358 g/mol. The van der Waals surface area contributed by atoms with Crippen LogP contribution in [0.5, 0.6) is 0 Å². The number of amides is 1. The number of aromatic nitrogens is 4. The fourth-order valence-corrected chi connectivity index (χ4v) is 4.07. The van der Waals surface area contributed by atoms with Crippen LogP contribution in [0, 0.1) is 13.8 Å². The Bertz CT molecular complexity index is 811. The summed E-state index contributed by atoms with van der Waals surface area (Å²) in [5.41, 5.74) is 0.653. The summed E-state index contributed by atoms with van der Waals surface area (Å²) in [6.45, 7) is 6.65. The van der Waals surface area contributed by atoms with Gasteiger partial charge >= 0.3 is 0 Å². The Morgan fingerprint density at radius 1 is 1.12 bits per heavy atom. The number of likely N-dealkylation sites (tertiary alicyclic amines) is 1. The lowest BCUT2D eigenvalue weighted by Gasteiger charge is -2.31. The standard InChI is InChI=1S/C18H26N6O2/c1-12-16(26-13(2)19-12)18(25)23-9-7-15-20-21-17(24(15)11-10-23)14-6-4-5-8-22(14)3/h14H,4-11H2,1-3H3/t14-/m0/s1. The Morgan fingerprint density at radius 3 is 2.69 bits per heavy atom. The van der Waals surface area contributed by atoms with Crippen LogP contribution in [0.15, 0.2) is 4.42 Å². The average Bonchev–Trinajstić information content (AvgIpc) is 3.10. The van der Waals surface area contributed by atoms with Gasteiger partial charge in [0, 0.05) is 33.0 Å². The van der Waals surface area contributed by atoms with Gasteiger partial charge in [0.1, 0.15) is 11.6 Å².